The number of methoxy groups -OCH3 is 1. The maximum absolute atomic E-state index is 5.40. The van der Waals surface area contributed by atoms with Gasteiger partial charge in [0.15, 0.2) is 0 Å². The molecule has 3 heterocycles. The zero-order chi connectivity index (χ0) is 11.7. The molecular formula is C12H17N3O2S. The molecule has 3 rings (SSSR count). The molecule has 1 fully saturated rings. The van der Waals surface area contributed by atoms with Gasteiger partial charge in [-0.1, -0.05) is 0 Å². The topological polar surface area (TPSA) is 79.2 Å². The normalized spacial score (nSPS) is 16.5. The summed E-state index contributed by atoms with van der Waals surface area (Å²) < 4.78 is 11.9. The van der Waals surface area contributed by atoms with E-state index in [0.717, 1.165) is 31.6 Å². The molecule has 3 N–H and O–H groups in total. The second-order valence-corrected chi connectivity index (χ2v) is 4.99. The molecule has 18 heavy (non-hydrogen) atoms. The van der Waals surface area contributed by atoms with Gasteiger partial charge >= 0.3 is 0 Å². The average molecular weight is 267 g/mol. The fourth-order valence-electron chi connectivity index (χ4n) is 2.30. The van der Waals surface area contributed by atoms with Crippen molar-refractivity contribution in [2.24, 2.45) is 0 Å². The number of ether oxygens (including phenoxy) is 2. The lowest BCUT2D eigenvalue weighted by molar-refractivity contribution is 0.0855. The molecule has 0 amide bonds. The maximum Gasteiger partial charge on any atom is 0.241 e. The minimum absolute atomic E-state index is 0. The Hall–Kier alpha value is -1.24. The summed E-state index contributed by atoms with van der Waals surface area (Å²) in [6.45, 7) is 1.69. The summed E-state index contributed by atoms with van der Waals surface area (Å²) >= 11 is 1.67. The van der Waals surface area contributed by atoms with E-state index in [0.29, 0.717) is 11.8 Å². The van der Waals surface area contributed by atoms with Crippen molar-refractivity contribution in [3.8, 4) is 5.88 Å². The first kappa shape index (κ1) is 13.2. The number of rotatable bonds is 2. The SMILES string of the molecule is COc1ncc(C2CCOCC2)c2scnc12.N. The molecule has 0 spiro atoms. The van der Waals surface area contributed by atoms with Crippen LogP contribution in [0.3, 0.4) is 0 Å². The van der Waals surface area contributed by atoms with E-state index in [-0.39, 0.29) is 6.15 Å². The number of pyridine rings is 1. The largest absolute Gasteiger partial charge is 0.479 e. The molecule has 1 aliphatic heterocycles. The highest BCUT2D eigenvalue weighted by Gasteiger charge is 2.21. The third kappa shape index (κ3) is 2.19. The van der Waals surface area contributed by atoms with Crippen LogP contribution in [-0.2, 0) is 4.74 Å². The van der Waals surface area contributed by atoms with E-state index < -0.39 is 0 Å². The summed E-state index contributed by atoms with van der Waals surface area (Å²) in [7, 11) is 1.63. The molecule has 0 saturated carbocycles. The minimum Gasteiger partial charge on any atom is -0.479 e. The molecule has 2 aromatic rings. The molecule has 98 valence electrons. The molecule has 0 radical (unpaired) electrons. The monoisotopic (exact) mass is 267 g/mol. The summed E-state index contributed by atoms with van der Waals surface area (Å²) in [6.07, 6.45) is 4.08. The molecule has 0 bridgehead atoms. The third-order valence-electron chi connectivity index (χ3n) is 3.21. The van der Waals surface area contributed by atoms with Crippen LogP contribution in [0.1, 0.15) is 24.3 Å². The van der Waals surface area contributed by atoms with Crippen molar-refractivity contribution in [1.29, 1.82) is 0 Å². The van der Waals surface area contributed by atoms with Gasteiger partial charge in [-0.2, -0.15) is 0 Å². The van der Waals surface area contributed by atoms with Gasteiger partial charge in [-0.05, 0) is 24.3 Å². The molecule has 0 aliphatic carbocycles. The van der Waals surface area contributed by atoms with Crippen molar-refractivity contribution in [1.82, 2.24) is 16.1 Å². The van der Waals surface area contributed by atoms with Crippen molar-refractivity contribution < 1.29 is 9.47 Å². The highest BCUT2D eigenvalue weighted by atomic mass is 32.1. The lowest BCUT2D eigenvalue weighted by Crippen LogP contribution is -2.14. The van der Waals surface area contributed by atoms with Crippen LogP contribution in [0.2, 0.25) is 0 Å². The first-order valence-corrected chi connectivity index (χ1v) is 6.62. The number of hydrogen-bond donors (Lipinski definition) is 1. The molecular weight excluding hydrogens is 250 g/mol. The van der Waals surface area contributed by atoms with Gasteiger partial charge in [-0.25, -0.2) is 9.97 Å². The second-order valence-electron chi connectivity index (χ2n) is 4.14. The highest BCUT2D eigenvalue weighted by molar-refractivity contribution is 7.17. The van der Waals surface area contributed by atoms with Gasteiger partial charge in [0.1, 0.15) is 5.52 Å². The van der Waals surface area contributed by atoms with E-state index in [1.54, 1.807) is 18.4 Å². The summed E-state index contributed by atoms with van der Waals surface area (Å²) in [6, 6.07) is 0. The van der Waals surface area contributed by atoms with Crippen LogP contribution >= 0.6 is 11.3 Å². The summed E-state index contributed by atoms with van der Waals surface area (Å²) in [5.41, 5.74) is 4.05. The fraction of sp³-hybridized carbons (Fsp3) is 0.500. The van der Waals surface area contributed by atoms with E-state index in [4.69, 9.17) is 9.47 Å². The number of aromatic nitrogens is 2. The molecule has 1 saturated heterocycles. The van der Waals surface area contributed by atoms with E-state index >= 15 is 0 Å². The van der Waals surface area contributed by atoms with Crippen molar-refractivity contribution in [3.05, 3.63) is 17.3 Å². The van der Waals surface area contributed by atoms with Crippen LogP contribution in [0.5, 0.6) is 5.88 Å². The van der Waals surface area contributed by atoms with Crippen molar-refractivity contribution in [2.45, 2.75) is 18.8 Å². The minimum atomic E-state index is 0. The van der Waals surface area contributed by atoms with Crippen molar-refractivity contribution >= 4 is 21.6 Å². The smallest absolute Gasteiger partial charge is 0.241 e. The van der Waals surface area contributed by atoms with E-state index in [1.807, 2.05) is 11.7 Å². The van der Waals surface area contributed by atoms with Crippen molar-refractivity contribution in [3.63, 3.8) is 0 Å². The Labute approximate surface area is 110 Å². The number of hydrogen-bond acceptors (Lipinski definition) is 6. The predicted octanol–water partition coefficient (Wildman–Crippen LogP) is 2.76. The lowest BCUT2D eigenvalue weighted by atomic mass is 9.93. The number of fused-ring (bicyclic) bond motifs is 1. The van der Waals surface area contributed by atoms with Gasteiger partial charge in [-0.15, -0.1) is 11.3 Å². The zero-order valence-corrected chi connectivity index (χ0v) is 11.2. The highest BCUT2D eigenvalue weighted by Crippen LogP contribution is 2.36. The molecule has 5 nitrogen and oxygen atoms in total. The van der Waals surface area contributed by atoms with Gasteiger partial charge in [0.2, 0.25) is 5.88 Å². The van der Waals surface area contributed by atoms with Gasteiger partial charge < -0.3 is 15.6 Å². The lowest BCUT2D eigenvalue weighted by Gasteiger charge is -2.22. The van der Waals surface area contributed by atoms with Gasteiger partial charge in [0.05, 0.1) is 17.3 Å². The van der Waals surface area contributed by atoms with Gasteiger partial charge in [0.25, 0.3) is 0 Å². The molecule has 0 aromatic carbocycles. The van der Waals surface area contributed by atoms with Gasteiger partial charge in [-0.3, -0.25) is 0 Å². The first-order valence-electron chi connectivity index (χ1n) is 5.74. The zero-order valence-electron chi connectivity index (χ0n) is 10.4. The summed E-state index contributed by atoms with van der Waals surface area (Å²) in [5.74, 6) is 1.17. The van der Waals surface area contributed by atoms with Crippen LogP contribution in [0.25, 0.3) is 10.2 Å². The fourth-order valence-corrected chi connectivity index (χ4v) is 3.17. The average Bonchev–Trinajstić information content (AvgIpc) is 2.88. The molecule has 0 unspecified atom stereocenters. The summed E-state index contributed by atoms with van der Waals surface area (Å²) in [5, 5.41) is 0. The molecule has 6 heteroatoms. The van der Waals surface area contributed by atoms with Crippen molar-refractivity contribution in [2.75, 3.05) is 20.3 Å². The number of nitrogens with zero attached hydrogens (tertiary/aromatic N) is 2. The van der Waals surface area contributed by atoms with Crippen LogP contribution in [0.15, 0.2) is 11.7 Å². The Kier molecular flexibility index (Phi) is 4.11. The van der Waals surface area contributed by atoms with E-state index in [2.05, 4.69) is 9.97 Å². The number of thiazole rings is 1. The quantitative estimate of drug-likeness (QED) is 0.905. The standard InChI is InChI=1S/C12H14N2O2S.H3N/c1-15-12-10-11(17-7-14-10)9(6-13-12)8-2-4-16-5-3-8;/h6-8H,2-5H2,1H3;1H3. The Morgan fingerprint density at radius 2 is 2.11 bits per heavy atom. The van der Waals surface area contributed by atoms with Crippen LogP contribution < -0.4 is 10.9 Å². The molecule has 0 atom stereocenters. The van der Waals surface area contributed by atoms with Gasteiger partial charge in [0, 0.05) is 19.4 Å². The molecule has 2 aromatic heterocycles. The first-order chi connectivity index (χ1) is 8.40. The molecule has 1 aliphatic rings. The van der Waals surface area contributed by atoms with Crippen LogP contribution in [-0.4, -0.2) is 30.3 Å². The summed E-state index contributed by atoms with van der Waals surface area (Å²) in [4.78, 5) is 8.70. The third-order valence-corrected chi connectivity index (χ3v) is 4.08. The Morgan fingerprint density at radius 1 is 1.33 bits per heavy atom. The Morgan fingerprint density at radius 3 is 2.83 bits per heavy atom. The Balaban J connectivity index is 0.00000120. The van der Waals surface area contributed by atoms with E-state index in [9.17, 15) is 0 Å². The van der Waals surface area contributed by atoms with Crippen LogP contribution in [0, 0.1) is 0 Å². The van der Waals surface area contributed by atoms with E-state index in [1.165, 1.54) is 10.3 Å². The van der Waals surface area contributed by atoms with Crippen LogP contribution in [0.4, 0.5) is 0 Å². The second kappa shape index (κ2) is 5.60. The Bertz CT molecular complexity index is 523. The maximum atomic E-state index is 5.40. The predicted molar refractivity (Wildman–Crippen MR) is 71.8 cm³/mol.